The van der Waals surface area contributed by atoms with Crippen molar-refractivity contribution in [2.45, 2.75) is 0 Å². The van der Waals surface area contributed by atoms with Crippen molar-refractivity contribution in [2.75, 3.05) is 0 Å². The topological polar surface area (TPSA) is 56.2 Å². The average molecular weight is 221 g/mol. The van der Waals surface area contributed by atoms with E-state index in [9.17, 15) is 0 Å². The van der Waals surface area contributed by atoms with Gasteiger partial charge in [0, 0.05) is 6.07 Å². The molecule has 0 atom stereocenters. The SMILES string of the molecule is Clc1cc2nnc(-c3ccoc3)n2cn1. The van der Waals surface area contributed by atoms with Crippen molar-refractivity contribution in [3.8, 4) is 11.4 Å². The molecule has 3 aromatic heterocycles. The van der Waals surface area contributed by atoms with Gasteiger partial charge in [0.1, 0.15) is 17.7 Å². The smallest absolute Gasteiger partial charge is 0.172 e. The standard InChI is InChI=1S/C9H5ClN4O/c10-7-3-8-12-13-9(14(8)5-11-7)6-1-2-15-4-6/h1-5H. The number of fused-ring (bicyclic) bond motifs is 1. The lowest BCUT2D eigenvalue weighted by molar-refractivity contribution is 0.568. The molecule has 0 spiro atoms. The molecule has 3 rings (SSSR count). The molecule has 0 aliphatic carbocycles. The second kappa shape index (κ2) is 3.06. The van der Waals surface area contributed by atoms with E-state index in [1.165, 1.54) is 0 Å². The first kappa shape index (κ1) is 8.43. The Labute approximate surface area is 89.3 Å². The van der Waals surface area contributed by atoms with Gasteiger partial charge in [0.2, 0.25) is 0 Å². The highest BCUT2D eigenvalue weighted by molar-refractivity contribution is 6.29. The summed E-state index contributed by atoms with van der Waals surface area (Å²) in [4.78, 5) is 3.97. The molecule has 0 amide bonds. The molecule has 0 aliphatic heterocycles. The molecule has 0 fully saturated rings. The Hall–Kier alpha value is -1.88. The fourth-order valence-corrected chi connectivity index (χ4v) is 1.50. The van der Waals surface area contributed by atoms with E-state index in [1.807, 2.05) is 6.07 Å². The summed E-state index contributed by atoms with van der Waals surface area (Å²) in [5, 5.41) is 8.41. The summed E-state index contributed by atoms with van der Waals surface area (Å²) in [6.07, 6.45) is 4.77. The molecular formula is C9H5ClN4O. The van der Waals surface area contributed by atoms with Crippen LogP contribution in [0.25, 0.3) is 17.0 Å². The number of hydrogen-bond donors (Lipinski definition) is 0. The van der Waals surface area contributed by atoms with E-state index >= 15 is 0 Å². The van der Waals surface area contributed by atoms with Crippen LogP contribution in [0.15, 0.2) is 35.4 Å². The van der Waals surface area contributed by atoms with Crippen molar-refractivity contribution in [3.63, 3.8) is 0 Å². The van der Waals surface area contributed by atoms with Gasteiger partial charge >= 0.3 is 0 Å². The zero-order valence-electron chi connectivity index (χ0n) is 7.46. The Balaban J connectivity index is 2.29. The van der Waals surface area contributed by atoms with E-state index in [2.05, 4.69) is 15.2 Å². The van der Waals surface area contributed by atoms with Gasteiger partial charge in [0.15, 0.2) is 11.5 Å². The Kier molecular flexibility index (Phi) is 1.72. The summed E-state index contributed by atoms with van der Waals surface area (Å²) in [6, 6.07) is 3.46. The Morgan fingerprint density at radius 1 is 1.33 bits per heavy atom. The van der Waals surface area contributed by atoms with Crippen molar-refractivity contribution in [1.29, 1.82) is 0 Å². The summed E-state index contributed by atoms with van der Waals surface area (Å²) in [5.41, 5.74) is 1.51. The zero-order chi connectivity index (χ0) is 10.3. The number of furan rings is 1. The van der Waals surface area contributed by atoms with Crippen molar-refractivity contribution < 1.29 is 4.42 Å². The maximum atomic E-state index is 5.74. The van der Waals surface area contributed by atoms with Crippen molar-refractivity contribution in [3.05, 3.63) is 36.1 Å². The van der Waals surface area contributed by atoms with Crippen LogP contribution in [-0.2, 0) is 0 Å². The van der Waals surface area contributed by atoms with E-state index in [0.29, 0.717) is 16.6 Å². The quantitative estimate of drug-likeness (QED) is 0.589. The van der Waals surface area contributed by atoms with E-state index in [1.54, 1.807) is 29.3 Å². The third-order valence-corrected chi connectivity index (χ3v) is 2.25. The zero-order valence-corrected chi connectivity index (χ0v) is 8.22. The van der Waals surface area contributed by atoms with Crippen LogP contribution >= 0.6 is 11.6 Å². The molecule has 5 nitrogen and oxygen atoms in total. The molecule has 0 aliphatic rings. The molecule has 0 unspecified atom stereocenters. The maximum Gasteiger partial charge on any atom is 0.172 e. The molecule has 74 valence electrons. The number of nitrogens with zero attached hydrogens (tertiary/aromatic N) is 4. The van der Waals surface area contributed by atoms with Gasteiger partial charge in [-0.1, -0.05) is 11.6 Å². The van der Waals surface area contributed by atoms with Gasteiger partial charge in [-0.3, -0.25) is 4.40 Å². The molecule has 0 N–H and O–H groups in total. The van der Waals surface area contributed by atoms with Gasteiger partial charge in [0.05, 0.1) is 11.8 Å². The molecule has 15 heavy (non-hydrogen) atoms. The number of aromatic nitrogens is 4. The van der Waals surface area contributed by atoms with Crippen molar-refractivity contribution in [2.24, 2.45) is 0 Å². The molecular weight excluding hydrogens is 216 g/mol. The van der Waals surface area contributed by atoms with Crippen LogP contribution in [0.1, 0.15) is 0 Å². The van der Waals surface area contributed by atoms with Gasteiger partial charge in [0.25, 0.3) is 0 Å². The largest absolute Gasteiger partial charge is 0.472 e. The Bertz CT molecular complexity index is 602. The molecule has 6 heteroatoms. The maximum absolute atomic E-state index is 5.74. The fourth-order valence-electron chi connectivity index (χ4n) is 1.36. The van der Waals surface area contributed by atoms with E-state index in [-0.39, 0.29) is 0 Å². The molecule has 3 aromatic rings. The minimum Gasteiger partial charge on any atom is -0.472 e. The monoisotopic (exact) mass is 220 g/mol. The van der Waals surface area contributed by atoms with Gasteiger partial charge in [-0.2, -0.15) is 0 Å². The van der Waals surface area contributed by atoms with Crippen LogP contribution in [-0.4, -0.2) is 19.6 Å². The minimum absolute atomic E-state index is 0.397. The highest BCUT2D eigenvalue weighted by Crippen LogP contribution is 2.18. The minimum atomic E-state index is 0.397. The number of hydrogen-bond acceptors (Lipinski definition) is 4. The normalized spacial score (nSPS) is 11.0. The number of halogens is 1. The van der Waals surface area contributed by atoms with E-state index < -0.39 is 0 Å². The third-order valence-electron chi connectivity index (χ3n) is 2.05. The van der Waals surface area contributed by atoms with Gasteiger partial charge < -0.3 is 4.42 Å². The fraction of sp³-hybridized carbons (Fsp3) is 0. The van der Waals surface area contributed by atoms with Crippen LogP contribution in [0.3, 0.4) is 0 Å². The first-order valence-corrected chi connectivity index (χ1v) is 4.61. The van der Waals surface area contributed by atoms with Gasteiger partial charge in [-0.05, 0) is 6.07 Å². The highest BCUT2D eigenvalue weighted by Gasteiger charge is 2.09. The van der Waals surface area contributed by atoms with Crippen LogP contribution in [0, 0.1) is 0 Å². The Morgan fingerprint density at radius 3 is 3.07 bits per heavy atom. The predicted octanol–water partition coefficient (Wildman–Crippen LogP) is 2.04. The summed E-state index contributed by atoms with van der Waals surface area (Å²) < 4.78 is 6.73. The Morgan fingerprint density at radius 2 is 2.27 bits per heavy atom. The molecule has 0 saturated carbocycles. The number of rotatable bonds is 1. The summed E-state index contributed by atoms with van der Waals surface area (Å²) in [6.45, 7) is 0. The van der Waals surface area contributed by atoms with Crippen molar-refractivity contribution >= 4 is 17.2 Å². The third kappa shape index (κ3) is 1.28. The summed E-state index contributed by atoms with van der Waals surface area (Å²) in [7, 11) is 0. The van der Waals surface area contributed by atoms with Gasteiger partial charge in [-0.25, -0.2) is 4.98 Å². The second-order valence-electron chi connectivity index (χ2n) is 2.98. The predicted molar refractivity (Wildman–Crippen MR) is 53.5 cm³/mol. The first-order valence-electron chi connectivity index (χ1n) is 4.23. The van der Waals surface area contributed by atoms with Crippen LogP contribution in [0.4, 0.5) is 0 Å². The molecule has 0 bridgehead atoms. The molecule has 0 radical (unpaired) electrons. The molecule has 3 heterocycles. The van der Waals surface area contributed by atoms with Crippen LogP contribution in [0.2, 0.25) is 5.15 Å². The highest BCUT2D eigenvalue weighted by atomic mass is 35.5. The van der Waals surface area contributed by atoms with E-state index in [4.69, 9.17) is 16.0 Å². The second-order valence-corrected chi connectivity index (χ2v) is 3.36. The summed E-state index contributed by atoms with van der Waals surface area (Å²) in [5.74, 6) is 0.683. The van der Waals surface area contributed by atoms with Crippen LogP contribution in [0.5, 0.6) is 0 Å². The van der Waals surface area contributed by atoms with Crippen molar-refractivity contribution in [1.82, 2.24) is 19.6 Å². The van der Waals surface area contributed by atoms with Gasteiger partial charge in [-0.15, -0.1) is 10.2 Å². The van der Waals surface area contributed by atoms with Crippen LogP contribution < -0.4 is 0 Å². The first-order chi connectivity index (χ1) is 7.34. The molecule has 0 aromatic carbocycles. The lowest BCUT2D eigenvalue weighted by atomic mass is 10.3. The van der Waals surface area contributed by atoms with E-state index in [0.717, 1.165) is 5.56 Å². The lowest BCUT2D eigenvalue weighted by Crippen LogP contribution is -1.89. The summed E-state index contributed by atoms with van der Waals surface area (Å²) >= 11 is 5.74. The average Bonchev–Trinajstić information content (AvgIpc) is 2.82. The lowest BCUT2D eigenvalue weighted by Gasteiger charge is -1.95. The molecule has 0 saturated heterocycles.